The number of hydrogen-bond donors (Lipinski definition) is 1. The molecule has 1 aliphatic heterocycles. The Kier molecular flexibility index (Phi) is 8.67. The number of nitrogens with zero attached hydrogens (tertiary/aromatic N) is 1. The number of nitrogens with one attached hydrogen (secondary N) is 1. The number of benzene rings is 2. The lowest BCUT2D eigenvalue weighted by Gasteiger charge is -2.31. The van der Waals surface area contributed by atoms with Gasteiger partial charge in [0.1, 0.15) is 0 Å². The molecule has 0 radical (unpaired) electrons. The summed E-state index contributed by atoms with van der Waals surface area (Å²) in [6, 6.07) is 18.4. The molecule has 6 heteroatoms. The van der Waals surface area contributed by atoms with Crippen molar-refractivity contribution < 1.29 is 13.2 Å². The van der Waals surface area contributed by atoms with Crippen molar-refractivity contribution in [2.45, 2.75) is 45.4 Å². The van der Waals surface area contributed by atoms with Gasteiger partial charge in [-0.1, -0.05) is 60.2 Å². The molecule has 0 saturated carbocycles. The van der Waals surface area contributed by atoms with Crippen LogP contribution < -0.4 is 5.32 Å². The molecule has 1 amide bonds. The Balaban J connectivity index is 1.40. The van der Waals surface area contributed by atoms with Crippen LogP contribution in [0.2, 0.25) is 0 Å². The monoisotopic (exact) mass is 442 g/mol. The molecular weight excluding hydrogens is 408 g/mol. The summed E-state index contributed by atoms with van der Waals surface area (Å²) >= 11 is 0. The van der Waals surface area contributed by atoms with Crippen LogP contribution in [0.5, 0.6) is 0 Å². The van der Waals surface area contributed by atoms with Crippen LogP contribution in [0.15, 0.2) is 54.6 Å². The Morgan fingerprint density at radius 2 is 1.68 bits per heavy atom. The van der Waals surface area contributed by atoms with Crippen LogP contribution >= 0.6 is 0 Å². The zero-order chi connectivity index (χ0) is 22.1. The molecule has 2 aromatic rings. The minimum absolute atomic E-state index is 0.0203. The number of sulfonamides is 1. The third-order valence-electron chi connectivity index (χ3n) is 5.92. The lowest BCUT2D eigenvalue weighted by Crippen LogP contribution is -2.46. The molecular formula is C25H34N2O3S. The standard InChI is InChI=1S/C25H34N2O3S/c1-21-13-15-23(16-14-21)10-5-17-26-25(28)24-12-6-18-27(20-24)31(29,30)19-7-11-22-8-3-2-4-9-22/h2-4,8-9,13-16,24H,5-7,10-12,17-20H2,1H3,(H,26,28)/t24-/m0/s1. The molecule has 0 unspecified atom stereocenters. The van der Waals surface area contributed by atoms with E-state index in [1.54, 1.807) is 0 Å². The maximum absolute atomic E-state index is 12.8. The van der Waals surface area contributed by atoms with Gasteiger partial charge in [-0.25, -0.2) is 12.7 Å². The van der Waals surface area contributed by atoms with Gasteiger partial charge in [0.2, 0.25) is 15.9 Å². The van der Waals surface area contributed by atoms with E-state index in [2.05, 4.69) is 36.5 Å². The molecule has 1 aliphatic rings. The number of carbonyl (C=O) groups is 1. The van der Waals surface area contributed by atoms with Gasteiger partial charge < -0.3 is 5.32 Å². The second-order valence-corrected chi connectivity index (χ2v) is 10.6. The van der Waals surface area contributed by atoms with Crippen molar-refractivity contribution in [2.75, 3.05) is 25.4 Å². The first-order chi connectivity index (χ1) is 14.9. The minimum atomic E-state index is -3.33. The Bertz CT molecular complexity index is 927. The van der Waals surface area contributed by atoms with Gasteiger partial charge in [0.05, 0.1) is 11.7 Å². The highest BCUT2D eigenvalue weighted by atomic mass is 32.2. The fourth-order valence-electron chi connectivity index (χ4n) is 4.04. The zero-order valence-corrected chi connectivity index (χ0v) is 19.2. The summed E-state index contributed by atoms with van der Waals surface area (Å²) in [5, 5.41) is 3.01. The van der Waals surface area contributed by atoms with Gasteiger partial charge in [-0.05, 0) is 56.6 Å². The van der Waals surface area contributed by atoms with Crippen molar-refractivity contribution in [2.24, 2.45) is 5.92 Å². The first-order valence-electron chi connectivity index (χ1n) is 11.3. The van der Waals surface area contributed by atoms with E-state index in [0.29, 0.717) is 26.1 Å². The van der Waals surface area contributed by atoms with Crippen molar-refractivity contribution in [1.82, 2.24) is 9.62 Å². The van der Waals surface area contributed by atoms with Gasteiger partial charge in [-0.15, -0.1) is 0 Å². The number of rotatable bonds is 10. The smallest absolute Gasteiger partial charge is 0.224 e. The number of carbonyl (C=O) groups excluding carboxylic acids is 1. The van der Waals surface area contributed by atoms with Gasteiger partial charge in [-0.3, -0.25) is 4.79 Å². The quantitative estimate of drug-likeness (QED) is 0.570. The van der Waals surface area contributed by atoms with Crippen LogP contribution in [0.4, 0.5) is 0 Å². The summed E-state index contributed by atoms with van der Waals surface area (Å²) in [7, 11) is -3.33. The van der Waals surface area contributed by atoms with Crippen LogP contribution in [0.1, 0.15) is 42.4 Å². The summed E-state index contributed by atoms with van der Waals surface area (Å²) < 4.78 is 27.1. The summed E-state index contributed by atoms with van der Waals surface area (Å²) in [6.45, 7) is 3.51. The molecule has 0 spiro atoms. The lowest BCUT2D eigenvalue weighted by atomic mass is 9.99. The van der Waals surface area contributed by atoms with E-state index in [1.807, 2.05) is 30.3 Å². The molecule has 2 aromatic carbocycles. The number of aryl methyl sites for hydroxylation is 3. The predicted octanol–water partition coefficient (Wildman–Crippen LogP) is 3.72. The zero-order valence-electron chi connectivity index (χ0n) is 18.4. The fraction of sp³-hybridized carbons (Fsp3) is 0.480. The molecule has 3 rings (SSSR count). The SMILES string of the molecule is Cc1ccc(CCCNC(=O)[C@H]2CCCN(S(=O)(=O)CCCc3ccccc3)C2)cc1. The van der Waals surface area contributed by atoms with E-state index in [4.69, 9.17) is 0 Å². The maximum atomic E-state index is 12.8. The maximum Gasteiger partial charge on any atom is 0.224 e. The van der Waals surface area contributed by atoms with E-state index in [-0.39, 0.29) is 17.6 Å². The molecule has 168 valence electrons. The second-order valence-electron chi connectivity index (χ2n) is 8.48. The number of hydrogen-bond acceptors (Lipinski definition) is 3. The Labute approximate surface area is 186 Å². The van der Waals surface area contributed by atoms with Crippen LogP contribution in [0, 0.1) is 12.8 Å². The number of amides is 1. The summed E-state index contributed by atoms with van der Waals surface area (Å²) in [5.74, 6) is -0.141. The van der Waals surface area contributed by atoms with E-state index in [0.717, 1.165) is 37.7 Å². The summed E-state index contributed by atoms with van der Waals surface area (Å²) in [4.78, 5) is 12.6. The van der Waals surface area contributed by atoms with Crippen molar-refractivity contribution >= 4 is 15.9 Å². The van der Waals surface area contributed by atoms with Crippen LogP contribution in [0.3, 0.4) is 0 Å². The van der Waals surface area contributed by atoms with Crippen molar-refractivity contribution in [1.29, 1.82) is 0 Å². The average Bonchev–Trinajstić information content (AvgIpc) is 2.78. The molecule has 31 heavy (non-hydrogen) atoms. The summed E-state index contributed by atoms with van der Waals surface area (Å²) in [6.07, 6.45) is 4.63. The van der Waals surface area contributed by atoms with Gasteiger partial charge in [0, 0.05) is 19.6 Å². The number of piperidine rings is 1. The average molecular weight is 443 g/mol. The molecule has 0 bridgehead atoms. The first kappa shape index (κ1) is 23.5. The van der Waals surface area contributed by atoms with Crippen LogP contribution in [0.25, 0.3) is 0 Å². The Morgan fingerprint density at radius 3 is 2.42 bits per heavy atom. The third kappa shape index (κ3) is 7.47. The highest BCUT2D eigenvalue weighted by Crippen LogP contribution is 2.20. The Morgan fingerprint density at radius 1 is 1.00 bits per heavy atom. The molecule has 1 atom stereocenters. The molecule has 1 heterocycles. The highest BCUT2D eigenvalue weighted by molar-refractivity contribution is 7.89. The second kappa shape index (κ2) is 11.4. The Hall–Kier alpha value is -2.18. The van der Waals surface area contributed by atoms with Crippen molar-refractivity contribution in [3.05, 3.63) is 71.3 Å². The normalized spacial score (nSPS) is 17.4. The van der Waals surface area contributed by atoms with Crippen molar-refractivity contribution in [3.8, 4) is 0 Å². The van der Waals surface area contributed by atoms with E-state index in [1.165, 1.54) is 15.4 Å². The van der Waals surface area contributed by atoms with Gasteiger partial charge in [0.15, 0.2) is 0 Å². The highest BCUT2D eigenvalue weighted by Gasteiger charge is 2.31. The van der Waals surface area contributed by atoms with E-state index >= 15 is 0 Å². The van der Waals surface area contributed by atoms with Crippen molar-refractivity contribution in [3.63, 3.8) is 0 Å². The molecule has 1 saturated heterocycles. The van der Waals surface area contributed by atoms with Gasteiger partial charge >= 0.3 is 0 Å². The summed E-state index contributed by atoms with van der Waals surface area (Å²) in [5.41, 5.74) is 3.67. The van der Waals surface area contributed by atoms with Gasteiger partial charge in [-0.2, -0.15) is 0 Å². The molecule has 1 N–H and O–H groups in total. The largest absolute Gasteiger partial charge is 0.356 e. The predicted molar refractivity (Wildman–Crippen MR) is 125 cm³/mol. The molecule has 1 fully saturated rings. The molecule has 0 aliphatic carbocycles. The van der Waals surface area contributed by atoms with E-state index in [9.17, 15) is 13.2 Å². The van der Waals surface area contributed by atoms with Crippen LogP contribution in [-0.2, 0) is 27.7 Å². The van der Waals surface area contributed by atoms with Crippen LogP contribution in [-0.4, -0.2) is 44.0 Å². The topological polar surface area (TPSA) is 66.5 Å². The van der Waals surface area contributed by atoms with E-state index < -0.39 is 10.0 Å². The minimum Gasteiger partial charge on any atom is -0.356 e. The van der Waals surface area contributed by atoms with Gasteiger partial charge in [0.25, 0.3) is 0 Å². The third-order valence-corrected chi connectivity index (χ3v) is 7.84. The lowest BCUT2D eigenvalue weighted by molar-refractivity contribution is -0.126. The molecule has 0 aromatic heterocycles. The molecule has 5 nitrogen and oxygen atoms in total. The fourth-order valence-corrected chi connectivity index (χ4v) is 5.63. The first-order valence-corrected chi connectivity index (χ1v) is 12.9.